The number of anilines is 2. The van der Waals surface area contributed by atoms with Gasteiger partial charge in [-0.15, -0.1) is 0 Å². The van der Waals surface area contributed by atoms with E-state index in [9.17, 15) is 19.2 Å². The summed E-state index contributed by atoms with van der Waals surface area (Å²) in [7, 11) is 0. The van der Waals surface area contributed by atoms with Crippen molar-refractivity contribution in [1.29, 1.82) is 0 Å². The molecule has 3 aliphatic heterocycles. The lowest BCUT2D eigenvalue weighted by Gasteiger charge is -2.29. The molecule has 2 aromatic heterocycles. The fourth-order valence-corrected chi connectivity index (χ4v) is 5.84. The fraction of sp³-hybridized carbons (Fsp3) is 0.444. The molecular weight excluding hydrogens is 652 g/mol. The van der Waals surface area contributed by atoms with Crippen LogP contribution in [0.4, 0.5) is 11.4 Å². The Morgan fingerprint density at radius 1 is 0.500 bits per heavy atom. The average molecular weight is 693 g/mol. The largest absolute Gasteiger partial charge is 0.488 e. The van der Waals surface area contributed by atoms with Crippen molar-refractivity contribution in [2.75, 3.05) is 102 Å². The molecule has 14 nitrogen and oxygen atoms in total. The zero-order valence-electron chi connectivity index (χ0n) is 28.2. The molecule has 4 aromatic rings. The van der Waals surface area contributed by atoms with Gasteiger partial charge in [-0.1, -0.05) is 0 Å². The summed E-state index contributed by atoms with van der Waals surface area (Å²) in [5, 5.41) is 1.05. The van der Waals surface area contributed by atoms with E-state index in [1.54, 1.807) is 24.3 Å². The molecule has 3 aliphatic rings. The molecule has 0 N–H and O–H groups in total. The maximum Gasteiger partial charge on any atom is 0.347 e. The summed E-state index contributed by atoms with van der Waals surface area (Å²) in [6.07, 6.45) is 0. The molecule has 1 saturated heterocycles. The van der Waals surface area contributed by atoms with Gasteiger partial charge in [-0.25, -0.2) is 9.59 Å². The molecule has 7 rings (SSSR count). The van der Waals surface area contributed by atoms with E-state index in [0.717, 1.165) is 0 Å². The molecule has 5 heterocycles. The lowest BCUT2D eigenvalue weighted by molar-refractivity contribution is 0.0434. The van der Waals surface area contributed by atoms with E-state index in [1.807, 2.05) is 9.80 Å². The lowest BCUT2D eigenvalue weighted by atomic mass is 10.1. The van der Waals surface area contributed by atoms with Gasteiger partial charge in [0.2, 0.25) is 0 Å². The van der Waals surface area contributed by atoms with Gasteiger partial charge in [0.05, 0.1) is 64.2 Å². The minimum absolute atomic E-state index is 0.0531. The number of fused-ring (bicyclic) bond motifs is 19. The molecule has 1 fully saturated rings. The summed E-state index contributed by atoms with van der Waals surface area (Å²) < 4.78 is 47.6. The number of nitrogens with zero attached hydrogens (tertiary/aromatic N) is 2. The Balaban J connectivity index is 1.43. The number of benzene rings is 2. The summed E-state index contributed by atoms with van der Waals surface area (Å²) in [5.41, 5.74) is 0.349. The molecule has 0 unspecified atom stereocenters. The van der Waals surface area contributed by atoms with Crippen molar-refractivity contribution in [3.8, 4) is 11.5 Å². The van der Waals surface area contributed by atoms with Crippen molar-refractivity contribution in [3.05, 3.63) is 68.4 Å². The van der Waals surface area contributed by atoms with Crippen LogP contribution in [0.15, 0.2) is 54.8 Å². The SMILES string of the molecule is CC(=O)c1cc2cc3c(cc2oc1=O)N1CCOCCOCCN(CCOCCOCC1)c1cc2oc(=O)c(C(C)=O)cc2cc1OCCO3. The highest BCUT2D eigenvalue weighted by molar-refractivity contribution is 5.98. The smallest absolute Gasteiger partial charge is 0.347 e. The number of Topliss-reactive ketones (excluding diaryl/α,β-unsaturated/α-hetero) is 2. The predicted molar refractivity (Wildman–Crippen MR) is 184 cm³/mol. The summed E-state index contributed by atoms with van der Waals surface area (Å²) in [6, 6.07) is 9.93. The lowest BCUT2D eigenvalue weighted by Crippen LogP contribution is -2.34. The minimum Gasteiger partial charge on any atom is -0.488 e. The van der Waals surface area contributed by atoms with E-state index < -0.39 is 22.8 Å². The van der Waals surface area contributed by atoms with E-state index >= 15 is 0 Å². The molecule has 0 saturated carbocycles. The Bertz CT molecular complexity index is 1810. The number of ketones is 2. The third-order valence-corrected chi connectivity index (χ3v) is 8.43. The van der Waals surface area contributed by atoms with Crippen molar-refractivity contribution in [1.82, 2.24) is 0 Å². The third-order valence-electron chi connectivity index (χ3n) is 8.43. The molecule has 2 bridgehead atoms. The highest BCUT2D eigenvalue weighted by atomic mass is 16.5. The fourth-order valence-electron chi connectivity index (χ4n) is 5.84. The molecule has 0 atom stereocenters. The molecule has 0 radical (unpaired) electrons. The second-order valence-electron chi connectivity index (χ2n) is 11.8. The summed E-state index contributed by atoms with van der Waals surface area (Å²) in [6.45, 7) is 7.72. The van der Waals surface area contributed by atoms with Gasteiger partial charge in [-0.2, -0.15) is 0 Å². The number of hydrogen-bond donors (Lipinski definition) is 0. The normalized spacial score (nSPS) is 17.3. The van der Waals surface area contributed by atoms with Crippen molar-refractivity contribution >= 4 is 44.9 Å². The second kappa shape index (κ2) is 16.3. The first-order valence-electron chi connectivity index (χ1n) is 16.6. The zero-order valence-corrected chi connectivity index (χ0v) is 28.2. The van der Waals surface area contributed by atoms with Gasteiger partial charge < -0.3 is 47.1 Å². The van der Waals surface area contributed by atoms with E-state index in [0.29, 0.717) is 124 Å². The van der Waals surface area contributed by atoms with Crippen LogP contribution in [0.2, 0.25) is 0 Å². The molecule has 2 aromatic carbocycles. The predicted octanol–water partition coefficient (Wildman–Crippen LogP) is 3.47. The first-order chi connectivity index (χ1) is 24.3. The van der Waals surface area contributed by atoms with Gasteiger partial charge in [-0.05, 0) is 38.1 Å². The molecule has 50 heavy (non-hydrogen) atoms. The molecule has 14 heteroatoms. The standard InChI is InChI=1S/C36H40N2O12/c1-23(39)27-17-25-19-33-29(21-31(25)49-35(27)41)37-3-7-43-11-13-45-9-5-38(6-10-46-14-12-44-8-4-37)30-22-32-26(20-34(30)48-16-15-47-33)18-28(24(2)40)36(42)50-32/h17-22H,3-16H2,1-2H3. The Morgan fingerprint density at radius 3 is 1.20 bits per heavy atom. The highest BCUT2D eigenvalue weighted by Gasteiger charge is 2.21. The van der Waals surface area contributed by atoms with Crippen LogP contribution < -0.4 is 30.5 Å². The summed E-state index contributed by atoms with van der Waals surface area (Å²) in [5.74, 6) is 0.152. The van der Waals surface area contributed by atoms with Gasteiger partial charge >= 0.3 is 11.3 Å². The van der Waals surface area contributed by atoms with E-state index in [-0.39, 0.29) is 24.3 Å². The summed E-state index contributed by atoms with van der Waals surface area (Å²) in [4.78, 5) is 53.6. The highest BCUT2D eigenvalue weighted by Crippen LogP contribution is 2.36. The zero-order chi connectivity index (χ0) is 35.0. The number of rotatable bonds is 2. The van der Waals surface area contributed by atoms with Gasteiger partial charge in [0.1, 0.15) is 47.0 Å². The van der Waals surface area contributed by atoms with Crippen LogP contribution in [0.25, 0.3) is 21.9 Å². The number of carbonyl (C=O) groups excluding carboxylic acids is 2. The van der Waals surface area contributed by atoms with Crippen molar-refractivity contribution in [2.45, 2.75) is 13.8 Å². The Morgan fingerprint density at radius 2 is 0.860 bits per heavy atom. The van der Waals surface area contributed by atoms with Crippen LogP contribution in [0.1, 0.15) is 34.6 Å². The van der Waals surface area contributed by atoms with Crippen molar-refractivity contribution < 1.29 is 46.8 Å². The Kier molecular flexibility index (Phi) is 11.4. The van der Waals surface area contributed by atoms with Crippen LogP contribution in [0.3, 0.4) is 0 Å². The monoisotopic (exact) mass is 692 g/mol. The number of carbonyl (C=O) groups is 2. The van der Waals surface area contributed by atoms with E-state index in [1.165, 1.54) is 26.0 Å². The first-order valence-corrected chi connectivity index (χ1v) is 16.6. The molecule has 0 amide bonds. The van der Waals surface area contributed by atoms with Gasteiger partial charge in [0.25, 0.3) is 0 Å². The van der Waals surface area contributed by atoms with Crippen LogP contribution in [-0.4, -0.2) is 104 Å². The minimum atomic E-state index is -0.714. The molecular formula is C36H40N2O12. The third kappa shape index (κ3) is 8.33. The summed E-state index contributed by atoms with van der Waals surface area (Å²) >= 11 is 0. The first kappa shape index (κ1) is 35.1. The average Bonchev–Trinajstić information content (AvgIpc) is 3.08. The quantitative estimate of drug-likeness (QED) is 0.222. The number of hydrogen-bond acceptors (Lipinski definition) is 14. The Hall–Kier alpha value is -4.76. The van der Waals surface area contributed by atoms with E-state index in [2.05, 4.69) is 0 Å². The van der Waals surface area contributed by atoms with Crippen molar-refractivity contribution in [2.24, 2.45) is 0 Å². The van der Waals surface area contributed by atoms with Gasteiger partial charge in [-0.3, -0.25) is 9.59 Å². The van der Waals surface area contributed by atoms with Crippen LogP contribution >= 0.6 is 0 Å². The molecule has 0 spiro atoms. The van der Waals surface area contributed by atoms with Crippen LogP contribution in [0, 0.1) is 0 Å². The Labute approximate surface area is 287 Å². The number of ether oxygens (including phenoxy) is 6. The topological polar surface area (TPSA) is 156 Å². The maximum atomic E-state index is 12.6. The van der Waals surface area contributed by atoms with Crippen LogP contribution in [-0.2, 0) is 18.9 Å². The van der Waals surface area contributed by atoms with Crippen LogP contribution in [0.5, 0.6) is 11.5 Å². The molecule has 266 valence electrons. The second-order valence-corrected chi connectivity index (χ2v) is 11.8. The maximum absolute atomic E-state index is 12.6. The van der Waals surface area contributed by atoms with E-state index in [4.69, 9.17) is 37.3 Å². The molecule has 0 aliphatic carbocycles. The van der Waals surface area contributed by atoms with Gasteiger partial charge in [0.15, 0.2) is 11.6 Å². The van der Waals surface area contributed by atoms with Gasteiger partial charge in [0, 0.05) is 49.1 Å². The van der Waals surface area contributed by atoms with Crippen molar-refractivity contribution in [3.63, 3.8) is 0 Å².